The molecule has 1 aromatic carbocycles. The van der Waals surface area contributed by atoms with Crippen molar-refractivity contribution in [3.63, 3.8) is 0 Å². The van der Waals surface area contributed by atoms with Gasteiger partial charge in [0, 0.05) is 32.4 Å². The molecule has 160 valence electrons. The van der Waals surface area contributed by atoms with Gasteiger partial charge in [-0.2, -0.15) is 0 Å². The first-order valence-corrected chi connectivity index (χ1v) is 10.5. The number of esters is 1. The van der Waals surface area contributed by atoms with Crippen LogP contribution in [0.2, 0.25) is 0 Å². The van der Waals surface area contributed by atoms with Crippen molar-refractivity contribution in [2.24, 2.45) is 16.7 Å². The number of hydrogen-bond donors (Lipinski definition) is 1. The molecule has 2 fully saturated rings. The Morgan fingerprint density at radius 1 is 1.24 bits per heavy atom. The Morgan fingerprint density at radius 3 is 2.62 bits per heavy atom. The second-order valence-corrected chi connectivity index (χ2v) is 9.04. The zero-order valence-electron chi connectivity index (χ0n) is 18.0. The second kappa shape index (κ2) is 8.34. The van der Waals surface area contributed by atoms with Gasteiger partial charge in [0.05, 0.1) is 13.7 Å². The van der Waals surface area contributed by atoms with Gasteiger partial charge in [-0.3, -0.25) is 9.59 Å². The molecule has 1 aliphatic heterocycles. The molecule has 1 N–H and O–H groups in total. The van der Waals surface area contributed by atoms with E-state index in [2.05, 4.69) is 6.92 Å². The number of hydrogen-bond acceptors (Lipinski definition) is 5. The van der Waals surface area contributed by atoms with Gasteiger partial charge in [0.15, 0.2) is 11.5 Å². The van der Waals surface area contributed by atoms with E-state index < -0.39 is 0 Å². The summed E-state index contributed by atoms with van der Waals surface area (Å²) in [6, 6.07) is 5.61. The number of carbonyl (C=O) groups is 2. The fourth-order valence-corrected chi connectivity index (χ4v) is 5.82. The molecule has 0 spiro atoms. The minimum atomic E-state index is -0.377. The van der Waals surface area contributed by atoms with Crippen LogP contribution in [0.1, 0.15) is 52.0 Å². The van der Waals surface area contributed by atoms with Gasteiger partial charge in [-0.25, -0.2) is 0 Å². The molecule has 1 saturated carbocycles. The van der Waals surface area contributed by atoms with Crippen LogP contribution < -0.4 is 9.47 Å². The van der Waals surface area contributed by atoms with E-state index in [4.69, 9.17) is 9.47 Å². The number of para-hydroxylation sites is 1. The van der Waals surface area contributed by atoms with Crippen molar-refractivity contribution in [2.45, 2.75) is 52.9 Å². The van der Waals surface area contributed by atoms with Crippen molar-refractivity contribution < 1.29 is 24.2 Å². The van der Waals surface area contributed by atoms with Crippen LogP contribution in [-0.2, 0) is 16.0 Å². The number of likely N-dealkylation sites (tertiary alicyclic amines) is 1. The molecule has 1 saturated heterocycles. The van der Waals surface area contributed by atoms with E-state index in [-0.39, 0.29) is 29.3 Å². The summed E-state index contributed by atoms with van der Waals surface area (Å²) in [5.41, 5.74) is 0.735. The van der Waals surface area contributed by atoms with Gasteiger partial charge in [-0.15, -0.1) is 0 Å². The van der Waals surface area contributed by atoms with Crippen molar-refractivity contribution in [3.05, 3.63) is 23.8 Å². The van der Waals surface area contributed by atoms with Crippen molar-refractivity contribution in [2.75, 3.05) is 26.8 Å². The maximum Gasteiger partial charge on any atom is 0.308 e. The summed E-state index contributed by atoms with van der Waals surface area (Å²) in [4.78, 5) is 25.4. The minimum Gasteiger partial charge on any atom is -0.493 e. The average Bonchev–Trinajstić information content (AvgIpc) is 2.65. The van der Waals surface area contributed by atoms with Crippen molar-refractivity contribution in [1.29, 1.82) is 0 Å². The molecule has 1 amide bonds. The highest BCUT2D eigenvalue weighted by atomic mass is 16.6. The molecule has 1 aliphatic carbocycles. The molecule has 0 aromatic heterocycles. The van der Waals surface area contributed by atoms with Gasteiger partial charge in [0.2, 0.25) is 5.91 Å². The summed E-state index contributed by atoms with van der Waals surface area (Å²) in [5, 5.41) is 10.4. The van der Waals surface area contributed by atoms with Crippen molar-refractivity contribution >= 4 is 11.9 Å². The first kappa shape index (κ1) is 21.6. The monoisotopic (exact) mass is 403 g/mol. The van der Waals surface area contributed by atoms with Gasteiger partial charge in [0.1, 0.15) is 0 Å². The van der Waals surface area contributed by atoms with E-state index in [0.717, 1.165) is 44.2 Å². The molecule has 3 rings (SSSR count). The lowest BCUT2D eigenvalue weighted by Crippen LogP contribution is -2.62. The lowest BCUT2D eigenvalue weighted by molar-refractivity contribution is -0.158. The molecule has 2 bridgehead atoms. The molecule has 2 aliphatic rings. The van der Waals surface area contributed by atoms with E-state index in [1.165, 1.54) is 6.92 Å². The molecule has 0 unspecified atom stereocenters. The maximum absolute atomic E-state index is 12.1. The number of amides is 1. The SMILES string of the molecule is COc1c(CC[C@@H]2[C@@]3(C)CCC[C@]2(CO)CN(C(C)=O)C3)cccc1OC(C)=O. The number of piperidine rings is 1. The lowest BCUT2D eigenvalue weighted by Gasteiger charge is -2.60. The summed E-state index contributed by atoms with van der Waals surface area (Å²) >= 11 is 0. The second-order valence-electron chi connectivity index (χ2n) is 9.04. The van der Waals surface area contributed by atoms with Crippen LogP contribution in [0.15, 0.2) is 18.2 Å². The minimum absolute atomic E-state index is 0.00830. The summed E-state index contributed by atoms with van der Waals surface area (Å²) in [6.07, 6.45) is 4.75. The molecule has 0 radical (unpaired) electrons. The summed E-state index contributed by atoms with van der Waals surface area (Å²) < 4.78 is 10.9. The molecule has 29 heavy (non-hydrogen) atoms. The largest absolute Gasteiger partial charge is 0.493 e. The molecular formula is C23H33NO5. The number of aliphatic hydroxyl groups is 1. The Bertz CT molecular complexity index is 779. The van der Waals surface area contributed by atoms with Gasteiger partial charge < -0.3 is 19.5 Å². The van der Waals surface area contributed by atoms with E-state index >= 15 is 0 Å². The predicted octanol–water partition coefficient (Wildman–Crippen LogP) is 3.20. The fourth-order valence-electron chi connectivity index (χ4n) is 5.82. The third kappa shape index (κ3) is 4.13. The number of nitrogens with zero attached hydrogens (tertiary/aromatic N) is 1. The summed E-state index contributed by atoms with van der Waals surface area (Å²) in [6.45, 7) is 6.74. The van der Waals surface area contributed by atoms with Gasteiger partial charge >= 0.3 is 5.97 Å². The number of rotatable bonds is 6. The maximum atomic E-state index is 12.1. The first-order chi connectivity index (χ1) is 13.7. The smallest absolute Gasteiger partial charge is 0.308 e. The highest BCUT2D eigenvalue weighted by Crippen LogP contribution is 2.57. The predicted molar refractivity (Wildman–Crippen MR) is 110 cm³/mol. The Labute approximate surface area is 173 Å². The van der Waals surface area contributed by atoms with Gasteiger partial charge in [-0.1, -0.05) is 25.5 Å². The lowest BCUT2D eigenvalue weighted by atomic mass is 9.51. The van der Waals surface area contributed by atoms with Crippen molar-refractivity contribution in [3.8, 4) is 11.5 Å². The number of methoxy groups -OCH3 is 1. The Hall–Kier alpha value is -2.08. The molecule has 3 atom stereocenters. The number of ether oxygens (including phenoxy) is 2. The Kier molecular flexibility index (Phi) is 6.22. The van der Waals surface area contributed by atoms with Gasteiger partial charge in [-0.05, 0) is 48.6 Å². The van der Waals surface area contributed by atoms with E-state index in [9.17, 15) is 14.7 Å². The van der Waals surface area contributed by atoms with Crippen LogP contribution in [0.5, 0.6) is 11.5 Å². The van der Waals surface area contributed by atoms with E-state index in [1.54, 1.807) is 20.1 Å². The molecular weight excluding hydrogens is 370 g/mol. The first-order valence-electron chi connectivity index (χ1n) is 10.5. The van der Waals surface area contributed by atoms with Gasteiger partial charge in [0.25, 0.3) is 0 Å². The Morgan fingerprint density at radius 2 is 2.00 bits per heavy atom. The van der Waals surface area contributed by atoms with Crippen LogP contribution in [-0.4, -0.2) is 48.7 Å². The number of aliphatic hydroxyl groups excluding tert-OH is 1. The quantitative estimate of drug-likeness (QED) is 0.583. The molecule has 6 heteroatoms. The van der Waals surface area contributed by atoms with Crippen molar-refractivity contribution in [1.82, 2.24) is 4.90 Å². The van der Waals surface area contributed by atoms with Crippen LogP contribution in [0, 0.1) is 16.7 Å². The summed E-state index contributed by atoms with van der Waals surface area (Å²) in [7, 11) is 1.59. The zero-order chi connectivity index (χ0) is 21.2. The normalized spacial score (nSPS) is 28.7. The zero-order valence-corrected chi connectivity index (χ0v) is 18.0. The third-order valence-electron chi connectivity index (χ3n) is 7.04. The molecule has 1 heterocycles. The standard InChI is InChI=1S/C23H33NO5/c1-16(26)24-13-22(3)11-6-12-23(14-24,15-25)20(22)10-9-18-7-5-8-19(21(18)28-4)29-17(2)27/h5,7-8,20,25H,6,9-15H2,1-4H3/t20-,22+,23-/m1/s1. The summed E-state index contributed by atoms with van der Waals surface area (Å²) in [5.74, 6) is 1.05. The third-order valence-corrected chi connectivity index (χ3v) is 7.04. The molecule has 6 nitrogen and oxygen atoms in total. The van der Waals surface area contributed by atoms with E-state index in [1.807, 2.05) is 17.0 Å². The Balaban J connectivity index is 1.86. The van der Waals surface area contributed by atoms with Crippen LogP contribution in [0.3, 0.4) is 0 Å². The highest BCUT2D eigenvalue weighted by Gasteiger charge is 2.55. The molecule has 1 aromatic rings. The number of benzene rings is 1. The number of carbonyl (C=O) groups excluding carboxylic acids is 2. The van der Waals surface area contributed by atoms with Crippen LogP contribution >= 0.6 is 0 Å². The van der Waals surface area contributed by atoms with E-state index in [0.29, 0.717) is 24.0 Å². The topological polar surface area (TPSA) is 76.1 Å². The number of aryl methyl sites for hydroxylation is 1. The van der Waals surface area contributed by atoms with Crippen LogP contribution in [0.25, 0.3) is 0 Å². The number of fused-ring (bicyclic) bond motifs is 2. The average molecular weight is 404 g/mol. The highest BCUT2D eigenvalue weighted by molar-refractivity contribution is 5.73. The fraction of sp³-hybridized carbons (Fsp3) is 0.652. The van der Waals surface area contributed by atoms with Crippen LogP contribution in [0.4, 0.5) is 0 Å².